The van der Waals surface area contributed by atoms with Gasteiger partial charge in [-0.2, -0.15) is 0 Å². The smallest absolute Gasteiger partial charge is 0.214 e. The number of nitrogens with zero attached hydrogens (tertiary/aromatic N) is 1. The summed E-state index contributed by atoms with van der Waals surface area (Å²) in [7, 11) is 0. The van der Waals surface area contributed by atoms with Crippen LogP contribution in [0.5, 0.6) is 0 Å². The lowest BCUT2D eigenvalue weighted by molar-refractivity contribution is -0.107. The molecular weight excluding hydrogens is 150 g/mol. The molecule has 62 valence electrons. The second-order valence-corrected chi connectivity index (χ2v) is 3.19. The van der Waals surface area contributed by atoms with E-state index in [0.29, 0.717) is 6.04 Å². The van der Waals surface area contributed by atoms with Crippen LogP contribution in [0.1, 0.15) is 12.5 Å². The molecule has 1 atom stereocenters. The van der Waals surface area contributed by atoms with E-state index in [1.54, 1.807) is 4.90 Å². The maximum Gasteiger partial charge on any atom is 0.214 e. The van der Waals surface area contributed by atoms with Crippen LogP contribution in [0.15, 0.2) is 24.3 Å². The zero-order valence-corrected chi connectivity index (χ0v) is 7.03. The van der Waals surface area contributed by atoms with Crippen molar-refractivity contribution in [3.05, 3.63) is 29.8 Å². The van der Waals surface area contributed by atoms with Crippen molar-refractivity contribution in [1.29, 1.82) is 0 Å². The molecule has 0 radical (unpaired) electrons. The van der Waals surface area contributed by atoms with Gasteiger partial charge in [-0.1, -0.05) is 18.2 Å². The highest BCUT2D eigenvalue weighted by Crippen LogP contribution is 2.29. The molecule has 0 unspecified atom stereocenters. The molecule has 2 heteroatoms. The van der Waals surface area contributed by atoms with Gasteiger partial charge in [-0.3, -0.25) is 4.79 Å². The van der Waals surface area contributed by atoms with Crippen LogP contribution in [-0.4, -0.2) is 12.5 Å². The molecule has 12 heavy (non-hydrogen) atoms. The van der Waals surface area contributed by atoms with Gasteiger partial charge in [-0.15, -0.1) is 0 Å². The molecule has 1 aliphatic heterocycles. The van der Waals surface area contributed by atoms with Crippen LogP contribution >= 0.6 is 0 Å². The molecule has 0 aliphatic carbocycles. The molecule has 0 bridgehead atoms. The summed E-state index contributed by atoms with van der Waals surface area (Å²) in [6, 6.07) is 8.37. The Morgan fingerprint density at radius 1 is 1.50 bits per heavy atom. The van der Waals surface area contributed by atoms with Crippen molar-refractivity contribution in [2.75, 3.05) is 4.90 Å². The number of benzene rings is 1. The molecule has 0 saturated carbocycles. The number of para-hydroxylation sites is 1. The summed E-state index contributed by atoms with van der Waals surface area (Å²) >= 11 is 0. The van der Waals surface area contributed by atoms with Gasteiger partial charge in [0.15, 0.2) is 0 Å². The lowest BCUT2D eigenvalue weighted by atomic mass is 10.1. The Hall–Kier alpha value is -1.31. The summed E-state index contributed by atoms with van der Waals surface area (Å²) in [5.41, 5.74) is 2.34. The highest BCUT2D eigenvalue weighted by molar-refractivity contribution is 5.80. The van der Waals surface area contributed by atoms with Gasteiger partial charge in [0.1, 0.15) is 0 Å². The van der Waals surface area contributed by atoms with E-state index in [4.69, 9.17) is 0 Å². The molecule has 1 heterocycles. The van der Waals surface area contributed by atoms with Crippen LogP contribution in [-0.2, 0) is 11.2 Å². The van der Waals surface area contributed by atoms with E-state index >= 15 is 0 Å². The first-order valence-corrected chi connectivity index (χ1v) is 4.14. The van der Waals surface area contributed by atoms with Crippen molar-refractivity contribution in [1.82, 2.24) is 0 Å². The quantitative estimate of drug-likeness (QED) is 0.573. The number of carbonyl (C=O) groups is 1. The van der Waals surface area contributed by atoms with Crippen molar-refractivity contribution < 1.29 is 4.79 Å². The SMILES string of the molecule is C[C@@H]1Cc2ccccc2N1C=O. The highest BCUT2D eigenvalue weighted by Gasteiger charge is 2.24. The fourth-order valence-electron chi connectivity index (χ4n) is 1.75. The monoisotopic (exact) mass is 161 g/mol. The molecule has 0 fully saturated rings. The average molecular weight is 161 g/mol. The minimum absolute atomic E-state index is 0.319. The van der Waals surface area contributed by atoms with Crippen LogP contribution in [0.25, 0.3) is 0 Å². The third kappa shape index (κ3) is 0.916. The summed E-state index contributed by atoms with van der Waals surface area (Å²) in [5, 5.41) is 0. The van der Waals surface area contributed by atoms with Crippen LogP contribution in [0, 0.1) is 0 Å². The van der Waals surface area contributed by atoms with Gasteiger partial charge in [0, 0.05) is 11.7 Å². The Morgan fingerprint density at radius 3 is 3.00 bits per heavy atom. The number of rotatable bonds is 1. The van der Waals surface area contributed by atoms with Gasteiger partial charge >= 0.3 is 0 Å². The minimum atomic E-state index is 0.319. The van der Waals surface area contributed by atoms with Gasteiger partial charge in [0.2, 0.25) is 6.41 Å². The van der Waals surface area contributed by atoms with Gasteiger partial charge < -0.3 is 4.90 Å². The summed E-state index contributed by atoms with van der Waals surface area (Å²) in [6.07, 6.45) is 1.89. The molecule has 0 aromatic heterocycles. The maximum atomic E-state index is 10.7. The lowest BCUT2D eigenvalue weighted by Crippen LogP contribution is -2.27. The van der Waals surface area contributed by atoms with E-state index in [2.05, 4.69) is 13.0 Å². The van der Waals surface area contributed by atoms with Gasteiger partial charge in [-0.05, 0) is 25.0 Å². The topological polar surface area (TPSA) is 20.3 Å². The lowest BCUT2D eigenvalue weighted by Gasteiger charge is -2.15. The zero-order chi connectivity index (χ0) is 8.55. The van der Waals surface area contributed by atoms with Crippen molar-refractivity contribution in [3.8, 4) is 0 Å². The second kappa shape index (κ2) is 2.63. The van der Waals surface area contributed by atoms with Crippen molar-refractivity contribution >= 4 is 12.1 Å². The first-order chi connectivity index (χ1) is 5.83. The van der Waals surface area contributed by atoms with Crippen molar-refractivity contribution in [2.24, 2.45) is 0 Å². The van der Waals surface area contributed by atoms with Gasteiger partial charge in [0.25, 0.3) is 0 Å². The standard InChI is InChI=1S/C10H11NO/c1-8-6-9-4-2-3-5-10(9)11(8)7-12/h2-5,7-8H,6H2,1H3/t8-/m1/s1. The van der Waals surface area contributed by atoms with Gasteiger partial charge in [0.05, 0.1) is 0 Å². The van der Waals surface area contributed by atoms with Crippen molar-refractivity contribution in [2.45, 2.75) is 19.4 Å². The average Bonchev–Trinajstić information content (AvgIpc) is 2.40. The second-order valence-electron chi connectivity index (χ2n) is 3.19. The number of amides is 1. The van der Waals surface area contributed by atoms with E-state index < -0.39 is 0 Å². The molecule has 2 nitrogen and oxygen atoms in total. The number of hydrogen-bond acceptors (Lipinski definition) is 1. The Morgan fingerprint density at radius 2 is 2.25 bits per heavy atom. The highest BCUT2D eigenvalue weighted by atomic mass is 16.1. The maximum absolute atomic E-state index is 10.7. The van der Waals surface area contributed by atoms with Gasteiger partial charge in [-0.25, -0.2) is 0 Å². The molecule has 1 amide bonds. The van der Waals surface area contributed by atoms with Crippen molar-refractivity contribution in [3.63, 3.8) is 0 Å². The van der Waals surface area contributed by atoms with Crippen LogP contribution in [0.4, 0.5) is 5.69 Å². The summed E-state index contributed by atoms with van der Waals surface area (Å²) in [5.74, 6) is 0. The molecule has 0 spiro atoms. The fourth-order valence-corrected chi connectivity index (χ4v) is 1.75. The first-order valence-electron chi connectivity index (χ1n) is 4.14. The predicted octanol–water partition coefficient (Wildman–Crippen LogP) is 1.59. The van der Waals surface area contributed by atoms with Crippen LogP contribution in [0.2, 0.25) is 0 Å². The normalized spacial score (nSPS) is 20.8. The first kappa shape index (κ1) is 7.35. The predicted molar refractivity (Wildman–Crippen MR) is 48.2 cm³/mol. The summed E-state index contributed by atoms with van der Waals surface area (Å²) in [4.78, 5) is 12.5. The number of fused-ring (bicyclic) bond motifs is 1. The summed E-state index contributed by atoms with van der Waals surface area (Å²) in [6.45, 7) is 2.06. The van der Waals surface area contributed by atoms with E-state index in [0.717, 1.165) is 18.5 Å². The number of anilines is 1. The van der Waals surface area contributed by atoms with Crippen LogP contribution < -0.4 is 4.90 Å². The molecule has 1 aromatic carbocycles. The fraction of sp³-hybridized carbons (Fsp3) is 0.300. The molecule has 2 rings (SSSR count). The molecule has 0 N–H and O–H groups in total. The molecule has 1 aliphatic rings. The summed E-state index contributed by atoms with van der Waals surface area (Å²) < 4.78 is 0. The number of carbonyl (C=O) groups excluding carboxylic acids is 1. The van der Waals surface area contributed by atoms with E-state index in [1.807, 2.05) is 18.2 Å². The van der Waals surface area contributed by atoms with E-state index in [-0.39, 0.29) is 0 Å². The third-order valence-electron chi connectivity index (χ3n) is 2.37. The molecule has 1 aromatic rings. The molecular formula is C10H11NO. The molecule has 0 saturated heterocycles. The Balaban J connectivity index is 2.47. The van der Waals surface area contributed by atoms with E-state index in [9.17, 15) is 4.79 Å². The Bertz CT molecular complexity index is 308. The third-order valence-corrected chi connectivity index (χ3v) is 2.37. The number of hydrogen-bond donors (Lipinski definition) is 0. The Labute approximate surface area is 71.8 Å². The minimum Gasteiger partial charge on any atom is -0.312 e. The van der Waals surface area contributed by atoms with E-state index in [1.165, 1.54) is 5.56 Å². The zero-order valence-electron chi connectivity index (χ0n) is 7.03. The largest absolute Gasteiger partial charge is 0.312 e. The Kier molecular flexibility index (Phi) is 1.61. The van der Waals surface area contributed by atoms with Crippen LogP contribution in [0.3, 0.4) is 0 Å².